The van der Waals surface area contributed by atoms with Crippen LogP contribution in [0.5, 0.6) is 0 Å². The van der Waals surface area contributed by atoms with Crippen molar-refractivity contribution in [1.29, 1.82) is 0 Å². The van der Waals surface area contributed by atoms with E-state index in [2.05, 4.69) is 4.98 Å². The third kappa shape index (κ3) is 4.52. The van der Waals surface area contributed by atoms with Gasteiger partial charge in [0.1, 0.15) is 11.5 Å². The molecule has 0 aliphatic carbocycles. The number of rotatable bonds is 8. The topological polar surface area (TPSA) is 92.6 Å². The van der Waals surface area contributed by atoms with Crippen molar-refractivity contribution in [3.05, 3.63) is 46.7 Å². The minimum absolute atomic E-state index is 0.119. The Labute approximate surface area is 165 Å². The zero-order chi connectivity index (χ0) is 21.0. The summed E-state index contributed by atoms with van der Waals surface area (Å²) >= 11 is 0. The van der Waals surface area contributed by atoms with E-state index in [1.165, 1.54) is 18.3 Å². The summed E-state index contributed by atoms with van der Waals surface area (Å²) in [4.78, 5) is 42.5. The van der Waals surface area contributed by atoms with E-state index in [4.69, 9.17) is 9.15 Å². The maximum Gasteiger partial charge on any atom is 0.354 e. The van der Waals surface area contributed by atoms with Crippen molar-refractivity contribution >= 4 is 17.7 Å². The molecule has 1 amide bonds. The van der Waals surface area contributed by atoms with Crippen molar-refractivity contribution in [1.82, 2.24) is 9.88 Å². The number of hydrogen-bond donors (Lipinski definition) is 1. The number of furan rings is 1. The molecule has 0 unspecified atom stereocenters. The molecule has 0 aliphatic heterocycles. The first-order valence-corrected chi connectivity index (χ1v) is 9.30. The molecule has 0 aliphatic rings. The quantitative estimate of drug-likeness (QED) is 0.550. The first-order valence-electron chi connectivity index (χ1n) is 9.30. The van der Waals surface area contributed by atoms with Crippen LogP contribution in [0, 0.1) is 19.8 Å². The maximum absolute atomic E-state index is 13.3. The molecular formula is C21H28N2O5. The summed E-state index contributed by atoms with van der Waals surface area (Å²) in [6, 6.07) is 2.81. The van der Waals surface area contributed by atoms with Gasteiger partial charge in [0.2, 0.25) is 5.91 Å². The Morgan fingerprint density at radius 2 is 1.89 bits per heavy atom. The molecule has 0 radical (unpaired) electrons. The first kappa shape index (κ1) is 21.5. The standard InChI is InChI=1S/C21H28N2O5/c1-12(2)10-17(24)23(11-16-8-7-9-28-16)15(5)20(25)18-13(3)19(21(26)27-6)22-14(18)4/h7-9,12,15,22H,10-11H2,1-6H3/t15-/m0/s1. The van der Waals surface area contributed by atoms with Crippen molar-refractivity contribution in [2.45, 2.75) is 53.6 Å². The summed E-state index contributed by atoms with van der Waals surface area (Å²) in [5.41, 5.74) is 1.76. The third-order valence-electron chi connectivity index (χ3n) is 4.73. The van der Waals surface area contributed by atoms with Gasteiger partial charge >= 0.3 is 5.97 Å². The summed E-state index contributed by atoms with van der Waals surface area (Å²) in [7, 11) is 1.29. The van der Waals surface area contributed by atoms with Gasteiger partial charge in [0.05, 0.1) is 26.0 Å². The third-order valence-corrected chi connectivity index (χ3v) is 4.73. The van der Waals surface area contributed by atoms with Crippen LogP contribution in [0.25, 0.3) is 0 Å². The SMILES string of the molecule is COC(=O)c1[nH]c(C)c(C(=O)[C@H](C)N(Cc2ccco2)C(=O)CC(C)C)c1C. The van der Waals surface area contributed by atoms with Gasteiger partial charge in [-0.2, -0.15) is 0 Å². The van der Waals surface area contributed by atoms with Crippen LogP contribution in [0.2, 0.25) is 0 Å². The number of nitrogens with one attached hydrogen (secondary N) is 1. The van der Waals surface area contributed by atoms with Crippen LogP contribution in [0.4, 0.5) is 0 Å². The normalized spacial score (nSPS) is 12.1. The fourth-order valence-corrected chi connectivity index (χ4v) is 3.25. The zero-order valence-electron chi connectivity index (χ0n) is 17.3. The first-order chi connectivity index (χ1) is 13.2. The number of aromatic amines is 1. The molecule has 0 spiro atoms. The number of ketones is 1. The lowest BCUT2D eigenvalue weighted by Crippen LogP contribution is -2.43. The molecule has 1 N–H and O–H groups in total. The van der Waals surface area contributed by atoms with Crippen LogP contribution in [0.1, 0.15) is 65.1 Å². The Bertz CT molecular complexity index is 849. The lowest BCUT2D eigenvalue weighted by molar-refractivity contribution is -0.134. The number of carbonyl (C=O) groups is 3. The van der Waals surface area contributed by atoms with E-state index in [9.17, 15) is 14.4 Å². The molecule has 7 heteroatoms. The van der Waals surface area contributed by atoms with Crippen LogP contribution in [0.3, 0.4) is 0 Å². The molecule has 2 rings (SSSR count). The largest absolute Gasteiger partial charge is 0.467 e. The Kier molecular flexibility index (Phi) is 6.83. The van der Waals surface area contributed by atoms with Gasteiger partial charge in [-0.1, -0.05) is 13.8 Å². The molecule has 0 saturated heterocycles. The van der Waals surface area contributed by atoms with Crippen LogP contribution in [-0.4, -0.2) is 40.7 Å². The Balaban J connectivity index is 2.36. The number of esters is 1. The highest BCUT2D eigenvalue weighted by Gasteiger charge is 2.31. The Hall–Kier alpha value is -2.83. The summed E-state index contributed by atoms with van der Waals surface area (Å²) in [5, 5.41) is 0. The van der Waals surface area contributed by atoms with Crippen molar-refractivity contribution in [2.24, 2.45) is 5.92 Å². The second kappa shape index (κ2) is 8.91. The predicted octanol–water partition coefficient (Wildman–Crippen LogP) is 3.66. The van der Waals surface area contributed by atoms with E-state index in [1.807, 2.05) is 13.8 Å². The number of aromatic nitrogens is 1. The smallest absolute Gasteiger partial charge is 0.354 e. The van der Waals surface area contributed by atoms with Gasteiger partial charge in [-0.25, -0.2) is 4.79 Å². The van der Waals surface area contributed by atoms with Crippen LogP contribution < -0.4 is 0 Å². The van der Waals surface area contributed by atoms with E-state index < -0.39 is 12.0 Å². The van der Waals surface area contributed by atoms with Gasteiger partial charge in [0.25, 0.3) is 0 Å². The van der Waals surface area contributed by atoms with E-state index in [0.29, 0.717) is 29.0 Å². The van der Waals surface area contributed by atoms with Crippen molar-refractivity contribution in [2.75, 3.05) is 7.11 Å². The summed E-state index contributed by atoms with van der Waals surface area (Å²) in [5.74, 6) is -0.114. The lowest BCUT2D eigenvalue weighted by Gasteiger charge is -2.28. The number of nitrogens with zero attached hydrogens (tertiary/aromatic N) is 1. The van der Waals surface area contributed by atoms with Gasteiger partial charge in [0, 0.05) is 17.7 Å². The molecular weight excluding hydrogens is 360 g/mol. The van der Waals surface area contributed by atoms with Crippen LogP contribution >= 0.6 is 0 Å². The Morgan fingerprint density at radius 3 is 2.43 bits per heavy atom. The minimum Gasteiger partial charge on any atom is -0.467 e. The number of aryl methyl sites for hydroxylation is 1. The zero-order valence-corrected chi connectivity index (χ0v) is 17.3. The number of hydrogen-bond acceptors (Lipinski definition) is 5. The molecule has 0 aromatic carbocycles. The molecule has 1 atom stereocenters. The summed E-state index contributed by atoms with van der Waals surface area (Å²) in [6.07, 6.45) is 1.87. The average Bonchev–Trinajstić information content (AvgIpc) is 3.25. The van der Waals surface area contributed by atoms with Crippen molar-refractivity contribution in [3.8, 4) is 0 Å². The predicted molar refractivity (Wildman–Crippen MR) is 104 cm³/mol. The van der Waals surface area contributed by atoms with E-state index in [0.717, 1.165) is 0 Å². The highest BCUT2D eigenvalue weighted by atomic mass is 16.5. The number of amides is 1. The highest BCUT2D eigenvalue weighted by molar-refractivity contribution is 6.06. The molecule has 2 aromatic rings. The fourth-order valence-electron chi connectivity index (χ4n) is 3.25. The number of methoxy groups -OCH3 is 1. The molecule has 2 aromatic heterocycles. The molecule has 0 saturated carbocycles. The monoisotopic (exact) mass is 388 g/mol. The van der Waals surface area contributed by atoms with E-state index >= 15 is 0 Å². The van der Waals surface area contributed by atoms with Gasteiger partial charge < -0.3 is 19.0 Å². The number of carbonyl (C=O) groups excluding carboxylic acids is 3. The Morgan fingerprint density at radius 1 is 1.21 bits per heavy atom. The van der Waals surface area contributed by atoms with Gasteiger partial charge in [-0.15, -0.1) is 0 Å². The van der Waals surface area contributed by atoms with E-state index in [1.54, 1.807) is 32.9 Å². The number of H-pyrrole nitrogens is 1. The second-order valence-electron chi connectivity index (χ2n) is 7.36. The van der Waals surface area contributed by atoms with Gasteiger partial charge in [-0.3, -0.25) is 9.59 Å². The molecule has 28 heavy (non-hydrogen) atoms. The molecule has 2 heterocycles. The van der Waals surface area contributed by atoms with Crippen molar-refractivity contribution in [3.63, 3.8) is 0 Å². The number of Topliss-reactive ketones (excluding diaryl/α,β-unsaturated/α-hetero) is 1. The fraction of sp³-hybridized carbons (Fsp3) is 0.476. The average molecular weight is 388 g/mol. The van der Waals surface area contributed by atoms with Crippen LogP contribution in [0.15, 0.2) is 22.8 Å². The number of ether oxygens (including phenoxy) is 1. The minimum atomic E-state index is -0.713. The second-order valence-corrected chi connectivity index (χ2v) is 7.36. The highest BCUT2D eigenvalue weighted by Crippen LogP contribution is 2.23. The maximum atomic E-state index is 13.3. The van der Waals surface area contributed by atoms with Crippen LogP contribution in [-0.2, 0) is 16.1 Å². The molecule has 7 nitrogen and oxygen atoms in total. The molecule has 0 bridgehead atoms. The molecule has 0 fully saturated rings. The van der Waals surface area contributed by atoms with Crippen molar-refractivity contribution < 1.29 is 23.5 Å². The van der Waals surface area contributed by atoms with Gasteiger partial charge in [0.15, 0.2) is 5.78 Å². The summed E-state index contributed by atoms with van der Waals surface area (Å²) < 4.78 is 10.1. The molecule has 152 valence electrons. The van der Waals surface area contributed by atoms with E-state index in [-0.39, 0.29) is 29.8 Å². The van der Waals surface area contributed by atoms with Gasteiger partial charge in [-0.05, 0) is 44.4 Å². The summed E-state index contributed by atoms with van der Waals surface area (Å²) in [6.45, 7) is 9.25. The lowest BCUT2D eigenvalue weighted by atomic mass is 9.99.